The first-order valence-electron chi connectivity index (χ1n) is 1.71. The van der Waals surface area contributed by atoms with Gasteiger partial charge in [-0.3, -0.25) is 0 Å². The van der Waals surface area contributed by atoms with E-state index >= 15 is 0 Å². The summed E-state index contributed by atoms with van der Waals surface area (Å²) in [7, 11) is 0. The van der Waals surface area contributed by atoms with Gasteiger partial charge in [-0.05, 0) is 0 Å². The van der Waals surface area contributed by atoms with Crippen LogP contribution in [0.25, 0.3) is 0 Å². The predicted molar refractivity (Wildman–Crippen MR) is 14.2 cm³/mol. The molecule has 0 nitrogen and oxygen atoms in total. The van der Waals surface area contributed by atoms with E-state index in [9.17, 15) is 0 Å². The van der Waals surface area contributed by atoms with Gasteiger partial charge in [-0.15, -0.1) is 0 Å². The minimum absolute atomic E-state index is 0.694. The molecular weight excluding hydrogens is 83.9 g/mol. The average molecular weight is 89.9 g/mol. The van der Waals surface area contributed by atoms with E-state index in [4.69, 9.17) is 0 Å². The van der Waals surface area contributed by atoms with Crippen LogP contribution < -0.4 is 0 Å². The monoisotopic (exact) mass is 90.0 g/mol. The quantitative estimate of drug-likeness (QED) is 0.393. The van der Waals surface area contributed by atoms with Gasteiger partial charge in [0.15, 0.2) is 0 Å². The van der Waals surface area contributed by atoms with Gasteiger partial charge in [0.25, 0.3) is 0 Å². The van der Waals surface area contributed by atoms with E-state index in [0.29, 0.717) is 19.2 Å². The molecule has 4 heavy (non-hydrogen) atoms. The van der Waals surface area contributed by atoms with Crippen molar-refractivity contribution in [3.8, 4) is 0 Å². The van der Waals surface area contributed by atoms with Crippen LogP contribution in [-0.2, 0) is 19.2 Å². The molecule has 1 rings (SSSR count). The molecule has 22 valence electrons. The zero-order chi connectivity index (χ0) is 2.83. The molecule has 0 saturated carbocycles. The molecule has 1 saturated heterocycles. The van der Waals surface area contributed by atoms with E-state index in [1.54, 1.807) is 15.9 Å². The fraction of sp³-hybridized carbons (Fsp3) is 1.00. The summed E-state index contributed by atoms with van der Waals surface area (Å²) in [4.78, 5) is 0. The van der Waals surface area contributed by atoms with Gasteiger partial charge < -0.3 is 0 Å². The second kappa shape index (κ2) is 1.23. The molecule has 0 atom stereocenters. The van der Waals surface area contributed by atoms with Crippen molar-refractivity contribution in [3.63, 3.8) is 0 Å². The standard InChI is InChI=1S/C3H6.Ti/c1-3-2;/h1-3H2;. The number of hydrogen-bond donors (Lipinski definition) is 0. The van der Waals surface area contributed by atoms with Crippen LogP contribution in [0.15, 0.2) is 0 Å². The van der Waals surface area contributed by atoms with Gasteiger partial charge in [-0.25, -0.2) is 0 Å². The minimum atomic E-state index is 0.694. The van der Waals surface area contributed by atoms with Gasteiger partial charge in [0.1, 0.15) is 0 Å². The van der Waals surface area contributed by atoms with E-state index in [2.05, 4.69) is 0 Å². The summed E-state index contributed by atoms with van der Waals surface area (Å²) < 4.78 is 3.25. The summed E-state index contributed by atoms with van der Waals surface area (Å²) in [6, 6.07) is 0. The van der Waals surface area contributed by atoms with Crippen molar-refractivity contribution in [2.45, 2.75) is 15.9 Å². The summed E-state index contributed by atoms with van der Waals surface area (Å²) in [6.07, 6.45) is 1.56. The second-order valence-electron chi connectivity index (χ2n) is 1.10. The normalized spacial score (nSPS) is 22.0. The SMILES string of the molecule is C1[CH2][Ti][CH2]1. The molecule has 1 fully saturated rings. The Morgan fingerprint density at radius 3 is 1.50 bits per heavy atom. The fourth-order valence-corrected chi connectivity index (χ4v) is 0.729. The van der Waals surface area contributed by atoms with Crippen molar-refractivity contribution in [1.82, 2.24) is 0 Å². The van der Waals surface area contributed by atoms with Crippen LogP contribution in [-0.4, -0.2) is 0 Å². The third-order valence-electron chi connectivity index (χ3n) is 0.707. The molecule has 0 spiro atoms. The maximum atomic E-state index is 1.62. The molecule has 1 heteroatoms. The molecule has 0 aromatic rings. The topological polar surface area (TPSA) is 0 Å². The van der Waals surface area contributed by atoms with Gasteiger partial charge in [0.05, 0.1) is 0 Å². The van der Waals surface area contributed by atoms with Crippen molar-refractivity contribution >= 4 is 0 Å². The molecule has 0 aromatic heterocycles. The first-order chi connectivity index (χ1) is 2.00. The molecule has 0 amide bonds. The zero-order valence-electron chi connectivity index (χ0n) is 2.62. The summed E-state index contributed by atoms with van der Waals surface area (Å²) >= 11 is 0.694. The van der Waals surface area contributed by atoms with Gasteiger partial charge in [0, 0.05) is 0 Å². The molecular formula is C3H6Ti. The van der Waals surface area contributed by atoms with E-state index in [1.165, 1.54) is 0 Å². The third-order valence-corrected chi connectivity index (χ3v) is 2.92. The molecule has 0 aliphatic carbocycles. The maximum absolute atomic E-state index is 1.62. The van der Waals surface area contributed by atoms with Gasteiger partial charge in [-0.2, -0.15) is 0 Å². The number of hydrogen-bond acceptors (Lipinski definition) is 0. The molecule has 1 aliphatic heterocycles. The van der Waals surface area contributed by atoms with Gasteiger partial charge >= 0.3 is 35.0 Å². The van der Waals surface area contributed by atoms with Crippen molar-refractivity contribution < 1.29 is 19.2 Å². The molecule has 0 unspecified atom stereocenters. The van der Waals surface area contributed by atoms with Gasteiger partial charge in [0.2, 0.25) is 0 Å². The number of rotatable bonds is 0. The van der Waals surface area contributed by atoms with Crippen molar-refractivity contribution in [1.29, 1.82) is 0 Å². The summed E-state index contributed by atoms with van der Waals surface area (Å²) in [5.74, 6) is 0. The van der Waals surface area contributed by atoms with Crippen LogP contribution >= 0.6 is 0 Å². The Morgan fingerprint density at radius 1 is 1.25 bits per heavy atom. The summed E-state index contributed by atoms with van der Waals surface area (Å²) in [6.45, 7) is 0. The summed E-state index contributed by atoms with van der Waals surface area (Å²) in [5, 5.41) is 0. The Kier molecular flexibility index (Phi) is 0.901. The molecule has 0 radical (unpaired) electrons. The van der Waals surface area contributed by atoms with Crippen LogP contribution in [0.2, 0.25) is 9.45 Å². The molecule has 0 N–H and O–H groups in total. The molecule has 0 aromatic carbocycles. The zero-order valence-corrected chi connectivity index (χ0v) is 4.18. The van der Waals surface area contributed by atoms with Crippen molar-refractivity contribution in [3.05, 3.63) is 0 Å². The fourth-order valence-electron chi connectivity index (χ4n) is 0.177. The molecule has 1 heterocycles. The Hall–Kier alpha value is 0.714. The van der Waals surface area contributed by atoms with E-state index in [1.807, 2.05) is 0 Å². The first-order valence-corrected chi connectivity index (χ1v) is 3.92. The molecule has 0 bridgehead atoms. The first kappa shape index (κ1) is 2.93. The van der Waals surface area contributed by atoms with Crippen molar-refractivity contribution in [2.75, 3.05) is 0 Å². The van der Waals surface area contributed by atoms with Crippen LogP contribution in [0.5, 0.6) is 0 Å². The van der Waals surface area contributed by atoms with Gasteiger partial charge in [-0.1, -0.05) is 0 Å². The molecule has 1 aliphatic rings. The third kappa shape index (κ3) is 0.359. The van der Waals surface area contributed by atoms with Crippen LogP contribution in [0.4, 0.5) is 0 Å². The van der Waals surface area contributed by atoms with Crippen LogP contribution in [0.3, 0.4) is 0 Å². The second-order valence-corrected chi connectivity index (χ2v) is 3.45. The van der Waals surface area contributed by atoms with Crippen molar-refractivity contribution in [2.24, 2.45) is 0 Å². The Morgan fingerprint density at radius 2 is 1.50 bits per heavy atom. The Labute approximate surface area is 35.5 Å². The van der Waals surface area contributed by atoms with E-state index in [0.717, 1.165) is 0 Å². The average Bonchev–Trinajstić information content (AvgIpc) is 0.722. The van der Waals surface area contributed by atoms with E-state index in [-0.39, 0.29) is 0 Å². The van der Waals surface area contributed by atoms with Crippen LogP contribution in [0.1, 0.15) is 6.42 Å². The predicted octanol–water partition coefficient (Wildman–Crippen LogP) is 1.31. The van der Waals surface area contributed by atoms with E-state index < -0.39 is 0 Å². The summed E-state index contributed by atoms with van der Waals surface area (Å²) in [5.41, 5.74) is 0. The Balaban J connectivity index is 2.00. The Bertz CT molecular complexity index is 11.2. The van der Waals surface area contributed by atoms with Crippen LogP contribution in [0, 0.1) is 0 Å².